The van der Waals surface area contributed by atoms with Gasteiger partial charge in [0, 0.05) is 15.9 Å². The maximum Gasteiger partial charge on any atom is 0.132 e. The third kappa shape index (κ3) is 3.02. The van der Waals surface area contributed by atoms with E-state index in [4.69, 9.17) is 16.3 Å². The zero-order valence-electron chi connectivity index (χ0n) is 9.41. The van der Waals surface area contributed by atoms with Crippen molar-refractivity contribution in [2.75, 3.05) is 0 Å². The lowest BCUT2D eigenvalue weighted by atomic mass is 10.2. The molecule has 2 aromatic carbocycles. The van der Waals surface area contributed by atoms with Crippen molar-refractivity contribution in [3.05, 3.63) is 58.6 Å². The molecule has 0 saturated heterocycles. The molecule has 0 fully saturated rings. The molecule has 0 heterocycles. The Bertz CT molecular complexity index is 525. The molecule has 0 aliphatic carbocycles. The van der Waals surface area contributed by atoms with Gasteiger partial charge in [-0.15, -0.1) is 0 Å². The van der Waals surface area contributed by atoms with E-state index in [0.717, 1.165) is 28.0 Å². The first-order chi connectivity index (χ1) is 8.20. The number of para-hydroxylation sites is 1. The van der Waals surface area contributed by atoms with E-state index in [-0.39, 0.29) is 0 Å². The second kappa shape index (κ2) is 5.56. The quantitative estimate of drug-likeness (QED) is 0.696. The summed E-state index contributed by atoms with van der Waals surface area (Å²) < 4.78 is 5.90. The number of alkyl halides is 1. The maximum absolute atomic E-state index is 5.98. The Morgan fingerprint density at radius 2 is 1.88 bits per heavy atom. The predicted octanol–water partition coefficient (Wildman–Crippen LogP) is 5.34. The SMILES string of the molecule is Cc1ccccc1Oc1cc(Cl)ccc1CBr. The molecule has 0 saturated carbocycles. The fourth-order valence-corrected chi connectivity index (χ4v) is 2.15. The van der Waals surface area contributed by atoms with Gasteiger partial charge in [-0.2, -0.15) is 0 Å². The Hall–Kier alpha value is -0.990. The number of benzene rings is 2. The second-order valence-electron chi connectivity index (χ2n) is 3.75. The highest BCUT2D eigenvalue weighted by atomic mass is 79.9. The molecule has 0 aliphatic rings. The summed E-state index contributed by atoms with van der Waals surface area (Å²) in [5.74, 6) is 1.65. The average molecular weight is 312 g/mol. The molecule has 88 valence electrons. The van der Waals surface area contributed by atoms with Crippen molar-refractivity contribution in [3.63, 3.8) is 0 Å². The van der Waals surface area contributed by atoms with Crippen LogP contribution in [0.25, 0.3) is 0 Å². The van der Waals surface area contributed by atoms with Crippen LogP contribution < -0.4 is 4.74 Å². The summed E-state index contributed by atoms with van der Waals surface area (Å²) in [5, 5.41) is 1.42. The maximum atomic E-state index is 5.98. The van der Waals surface area contributed by atoms with Crippen LogP contribution in [-0.4, -0.2) is 0 Å². The summed E-state index contributed by atoms with van der Waals surface area (Å²) in [6, 6.07) is 13.6. The number of hydrogen-bond donors (Lipinski definition) is 0. The van der Waals surface area contributed by atoms with Crippen molar-refractivity contribution in [2.24, 2.45) is 0 Å². The summed E-state index contributed by atoms with van der Waals surface area (Å²) in [5.41, 5.74) is 2.19. The Balaban J connectivity index is 2.35. The first kappa shape index (κ1) is 12.5. The average Bonchev–Trinajstić information content (AvgIpc) is 2.32. The van der Waals surface area contributed by atoms with Crippen LogP contribution in [0, 0.1) is 6.92 Å². The number of hydrogen-bond acceptors (Lipinski definition) is 1. The molecule has 0 atom stereocenters. The predicted molar refractivity (Wildman–Crippen MR) is 75.3 cm³/mol. The number of halogens is 2. The van der Waals surface area contributed by atoms with E-state index in [2.05, 4.69) is 15.9 Å². The third-order valence-corrected chi connectivity index (χ3v) is 3.33. The molecule has 0 radical (unpaired) electrons. The third-order valence-electron chi connectivity index (χ3n) is 2.49. The molecule has 0 N–H and O–H groups in total. The van der Waals surface area contributed by atoms with Crippen LogP contribution in [0.4, 0.5) is 0 Å². The van der Waals surface area contributed by atoms with Gasteiger partial charge in [0.1, 0.15) is 11.5 Å². The van der Waals surface area contributed by atoms with Crippen molar-refractivity contribution in [3.8, 4) is 11.5 Å². The number of ether oxygens (including phenoxy) is 1. The number of rotatable bonds is 3. The van der Waals surface area contributed by atoms with Gasteiger partial charge in [-0.3, -0.25) is 0 Å². The highest BCUT2D eigenvalue weighted by Gasteiger charge is 2.06. The molecular formula is C14H12BrClO. The van der Waals surface area contributed by atoms with Gasteiger partial charge in [-0.1, -0.05) is 51.8 Å². The van der Waals surface area contributed by atoms with E-state index >= 15 is 0 Å². The van der Waals surface area contributed by atoms with Crippen LogP contribution in [-0.2, 0) is 5.33 Å². The summed E-state index contributed by atoms with van der Waals surface area (Å²) in [6.45, 7) is 2.02. The first-order valence-corrected chi connectivity index (χ1v) is 6.78. The fraction of sp³-hybridized carbons (Fsp3) is 0.143. The Kier molecular flexibility index (Phi) is 4.08. The van der Waals surface area contributed by atoms with Crippen LogP contribution >= 0.6 is 27.5 Å². The topological polar surface area (TPSA) is 9.23 Å². The van der Waals surface area contributed by atoms with Crippen LogP contribution in [0.1, 0.15) is 11.1 Å². The van der Waals surface area contributed by atoms with E-state index in [1.54, 1.807) is 0 Å². The summed E-state index contributed by atoms with van der Waals surface area (Å²) in [7, 11) is 0. The highest BCUT2D eigenvalue weighted by molar-refractivity contribution is 9.08. The zero-order valence-corrected chi connectivity index (χ0v) is 11.8. The van der Waals surface area contributed by atoms with E-state index in [1.165, 1.54) is 0 Å². The Morgan fingerprint density at radius 1 is 1.12 bits per heavy atom. The van der Waals surface area contributed by atoms with Crippen molar-refractivity contribution in [1.82, 2.24) is 0 Å². The molecule has 0 aromatic heterocycles. The molecule has 2 aromatic rings. The van der Waals surface area contributed by atoms with Crippen LogP contribution in [0.3, 0.4) is 0 Å². The fourth-order valence-electron chi connectivity index (χ4n) is 1.52. The van der Waals surface area contributed by atoms with E-state index in [0.29, 0.717) is 5.02 Å². The van der Waals surface area contributed by atoms with Crippen molar-refractivity contribution in [1.29, 1.82) is 0 Å². The van der Waals surface area contributed by atoms with Gasteiger partial charge in [0.05, 0.1) is 0 Å². The largest absolute Gasteiger partial charge is 0.457 e. The minimum absolute atomic E-state index is 0.679. The molecule has 17 heavy (non-hydrogen) atoms. The van der Waals surface area contributed by atoms with Crippen LogP contribution in [0.5, 0.6) is 11.5 Å². The van der Waals surface area contributed by atoms with Gasteiger partial charge in [0.15, 0.2) is 0 Å². The lowest BCUT2D eigenvalue weighted by Crippen LogP contribution is -1.91. The van der Waals surface area contributed by atoms with Crippen LogP contribution in [0.15, 0.2) is 42.5 Å². The lowest BCUT2D eigenvalue weighted by molar-refractivity contribution is 0.475. The monoisotopic (exact) mass is 310 g/mol. The standard InChI is InChI=1S/C14H12BrClO/c1-10-4-2-3-5-13(10)17-14-8-12(16)7-6-11(14)9-15/h2-8H,9H2,1H3. The van der Waals surface area contributed by atoms with Gasteiger partial charge >= 0.3 is 0 Å². The summed E-state index contributed by atoms with van der Waals surface area (Å²) in [6.07, 6.45) is 0. The number of aryl methyl sites for hydroxylation is 1. The smallest absolute Gasteiger partial charge is 0.132 e. The molecule has 3 heteroatoms. The summed E-state index contributed by atoms with van der Waals surface area (Å²) >= 11 is 9.43. The molecule has 0 aliphatic heterocycles. The van der Waals surface area contributed by atoms with Gasteiger partial charge in [0.2, 0.25) is 0 Å². The van der Waals surface area contributed by atoms with Gasteiger partial charge < -0.3 is 4.74 Å². The molecule has 0 amide bonds. The van der Waals surface area contributed by atoms with Gasteiger partial charge in [-0.25, -0.2) is 0 Å². The lowest BCUT2D eigenvalue weighted by Gasteiger charge is -2.11. The van der Waals surface area contributed by atoms with E-state index < -0.39 is 0 Å². The highest BCUT2D eigenvalue weighted by Crippen LogP contribution is 2.31. The summed E-state index contributed by atoms with van der Waals surface area (Å²) in [4.78, 5) is 0. The molecule has 1 nitrogen and oxygen atoms in total. The first-order valence-electron chi connectivity index (χ1n) is 5.28. The zero-order chi connectivity index (χ0) is 12.3. The minimum Gasteiger partial charge on any atom is -0.457 e. The van der Waals surface area contributed by atoms with Crippen molar-refractivity contribution < 1.29 is 4.74 Å². The minimum atomic E-state index is 0.679. The van der Waals surface area contributed by atoms with Crippen molar-refractivity contribution >= 4 is 27.5 Å². The second-order valence-corrected chi connectivity index (χ2v) is 4.75. The van der Waals surface area contributed by atoms with Crippen molar-refractivity contribution in [2.45, 2.75) is 12.3 Å². The molecule has 0 spiro atoms. The molecule has 0 bridgehead atoms. The molecule has 0 unspecified atom stereocenters. The van der Waals surface area contributed by atoms with E-state index in [9.17, 15) is 0 Å². The van der Waals surface area contributed by atoms with E-state index in [1.807, 2.05) is 49.4 Å². The van der Waals surface area contributed by atoms with Crippen LogP contribution in [0.2, 0.25) is 5.02 Å². The molecule has 2 rings (SSSR count). The van der Waals surface area contributed by atoms with Gasteiger partial charge in [0.25, 0.3) is 0 Å². The Morgan fingerprint density at radius 3 is 2.59 bits per heavy atom. The Labute approximate surface area is 115 Å². The van der Waals surface area contributed by atoms with Gasteiger partial charge in [-0.05, 0) is 30.7 Å². The molecular weight excluding hydrogens is 300 g/mol. The normalized spacial score (nSPS) is 10.3.